The third kappa shape index (κ3) is 2.30. The molecule has 1 atom stereocenters. The molecule has 1 aromatic carbocycles. The lowest BCUT2D eigenvalue weighted by atomic mass is 10.1. The van der Waals surface area contributed by atoms with Crippen molar-refractivity contribution in [3.05, 3.63) is 64.1 Å². The van der Waals surface area contributed by atoms with Crippen molar-refractivity contribution in [3.8, 4) is 5.69 Å². The van der Waals surface area contributed by atoms with Gasteiger partial charge in [-0.2, -0.15) is 15.0 Å². The number of benzene rings is 1. The van der Waals surface area contributed by atoms with E-state index in [-0.39, 0.29) is 0 Å². The van der Waals surface area contributed by atoms with E-state index in [1.807, 2.05) is 48.7 Å². The minimum atomic E-state index is -0.719. The first-order valence-electron chi connectivity index (χ1n) is 5.95. The van der Waals surface area contributed by atoms with Gasteiger partial charge in [0, 0.05) is 10.4 Å². The maximum atomic E-state index is 10.3. The zero-order valence-electron chi connectivity index (χ0n) is 10.4. The first-order valence-corrected chi connectivity index (χ1v) is 6.83. The maximum absolute atomic E-state index is 10.3. The van der Waals surface area contributed by atoms with Crippen LogP contribution in [0.1, 0.15) is 22.2 Å². The normalized spacial score (nSPS) is 12.5. The van der Waals surface area contributed by atoms with Crippen molar-refractivity contribution < 1.29 is 5.11 Å². The second-order valence-corrected chi connectivity index (χ2v) is 5.35. The molecule has 96 valence electrons. The third-order valence-corrected chi connectivity index (χ3v) is 3.83. The predicted molar refractivity (Wildman–Crippen MR) is 74.5 cm³/mol. The molecular weight excluding hydrogens is 258 g/mol. The Morgan fingerprint density at radius 1 is 1.21 bits per heavy atom. The fraction of sp³-hybridized carbons (Fsp3) is 0.143. The van der Waals surface area contributed by atoms with E-state index in [1.165, 1.54) is 4.80 Å². The molecule has 0 fully saturated rings. The van der Waals surface area contributed by atoms with E-state index >= 15 is 0 Å². The van der Waals surface area contributed by atoms with Gasteiger partial charge in [0.05, 0.1) is 11.9 Å². The Morgan fingerprint density at radius 2 is 2.00 bits per heavy atom. The van der Waals surface area contributed by atoms with Crippen molar-refractivity contribution in [2.24, 2.45) is 0 Å². The van der Waals surface area contributed by atoms with Crippen LogP contribution in [0.2, 0.25) is 0 Å². The van der Waals surface area contributed by atoms with Gasteiger partial charge in [-0.15, -0.1) is 11.3 Å². The molecule has 0 saturated carbocycles. The van der Waals surface area contributed by atoms with E-state index in [9.17, 15) is 5.11 Å². The zero-order chi connectivity index (χ0) is 13.2. The zero-order valence-corrected chi connectivity index (χ0v) is 11.2. The minimum Gasteiger partial charge on any atom is -0.382 e. The monoisotopic (exact) mass is 271 g/mol. The molecule has 3 aromatic rings. The molecule has 19 heavy (non-hydrogen) atoms. The Kier molecular flexibility index (Phi) is 3.15. The van der Waals surface area contributed by atoms with E-state index in [1.54, 1.807) is 17.5 Å². The van der Waals surface area contributed by atoms with Crippen LogP contribution in [0.3, 0.4) is 0 Å². The van der Waals surface area contributed by atoms with Crippen LogP contribution >= 0.6 is 11.3 Å². The number of nitrogens with zero attached hydrogens (tertiary/aromatic N) is 3. The average molecular weight is 271 g/mol. The Bertz CT molecular complexity index is 675. The van der Waals surface area contributed by atoms with E-state index in [0.29, 0.717) is 5.69 Å². The fourth-order valence-electron chi connectivity index (χ4n) is 1.92. The van der Waals surface area contributed by atoms with E-state index in [0.717, 1.165) is 16.1 Å². The molecule has 0 radical (unpaired) electrons. The van der Waals surface area contributed by atoms with Crippen molar-refractivity contribution >= 4 is 11.3 Å². The number of rotatable bonds is 3. The molecule has 0 spiro atoms. The van der Waals surface area contributed by atoms with Gasteiger partial charge in [-0.25, -0.2) is 0 Å². The van der Waals surface area contributed by atoms with Gasteiger partial charge < -0.3 is 5.11 Å². The molecule has 0 aliphatic carbocycles. The van der Waals surface area contributed by atoms with Crippen LogP contribution in [0.25, 0.3) is 5.69 Å². The number of thiophene rings is 1. The summed E-state index contributed by atoms with van der Waals surface area (Å²) in [6.45, 7) is 1.99. The van der Waals surface area contributed by atoms with E-state index in [2.05, 4.69) is 10.2 Å². The molecular formula is C14H13N3OS. The van der Waals surface area contributed by atoms with Crippen LogP contribution in [0.4, 0.5) is 0 Å². The summed E-state index contributed by atoms with van der Waals surface area (Å²) in [4.78, 5) is 2.63. The molecule has 5 heteroatoms. The summed E-state index contributed by atoms with van der Waals surface area (Å²) in [5, 5.41) is 20.8. The Morgan fingerprint density at radius 3 is 2.68 bits per heavy atom. The van der Waals surface area contributed by atoms with Gasteiger partial charge in [0.1, 0.15) is 11.8 Å². The lowest BCUT2D eigenvalue weighted by Crippen LogP contribution is -2.03. The summed E-state index contributed by atoms with van der Waals surface area (Å²) in [6, 6.07) is 11.6. The van der Waals surface area contributed by atoms with Gasteiger partial charge in [-0.1, -0.05) is 18.2 Å². The summed E-state index contributed by atoms with van der Waals surface area (Å²) < 4.78 is 0. The van der Waals surface area contributed by atoms with E-state index in [4.69, 9.17) is 0 Å². The number of para-hydroxylation sites is 1. The molecule has 0 saturated heterocycles. The largest absolute Gasteiger partial charge is 0.382 e. The SMILES string of the molecule is Cc1sccc1C(O)c1cnn(-c2ccccc2)n1. The first-order chi connectivity index (χ1) is 9.25. The lowest BCUT2D eigenvalue weighted by Gasteiger charge is -2.06. The molecule has 2 aromatic heterocycles. The lowest BCUT2D eigenvalue weighted by molar-refractivity contribution is 0.214. The number of aryl methyl sites for hydroxylation is 1. The third-order valence-electron chi connectivity index (χ3n) is 2.97. The van der Waals surface area contributed by atoms with Crippen LogP contribution in [-0.2, 0) is 0 Å². The van der Waals surface area contributed by atoms with Gasteiger partial charge in [0.25, 0.3) is 0 Å². The molecule has 0 amide bonds. The van der Waals surface area contributed by atoms with Crippen LogP contribution in [0.15, 0.2) is 48.0 Å². The Labute approximate surface area is 115 Å². The van der Waals surface area contributed by atoms with Crippen LogP contribution in [0, 0.1) is 6.92 Å². The highest BCUT2D eigenvalue weighted by Gasteiger charge is 2.17. The highest BCUT2D eigenvalue weighted by molar-refractivity contribution is 7.10. The average Bonchev–Trinajstić information content (AvgIpc) is 3.08. The molecule has 0 bridgehead atoms. The second kappa shape index (κ2) is 4.95. The maximum Gasteiger partial charge on any atom is 0.126 e. The summed E-state index contributed by atoms with van der Waals surface area (Å²) >= 11 is 1.62. The summed E-state index contributed by atoms with van der Waals surface area (Å²) in [6.07, 6.45) is 0.887. The topological polar surface area (TPSA) is 50.9 Å². The fourth-order valence-corrected chi connectivity index (χ4v) is 2.66. The van der Waals surface area contributed by atoms with Crippen molar-refractivity contribution in [2.45, 2.75) is 13.0 Å². The molecule has 2 heterocycles. The molecule has 1 N–H and O–H groups in total. The first kappa shape index (κ1) is 12.1. The molecule has 3 rings (SSSR count). The second-order valence-electron chi connectivity index (χ2n) is 4.23. The van der Waals surface area contributed by atoms with Gasteiger partial charge in [-0.3, -0.25) is 0 Å². The number of hydrogen-bond acceptors (Lipinski definition) is 4. The van der Waals surface area contributed by atoms with Crippen molar-refractivity contribution in [1.29, 1.82) is 0 Å². The van der Waals surface area contributed by atoms with Crippen molar-refractivity contribution in [3.63, 3.8) is 0 Å². The van der Waals surface area contributed by atoms with Gasteiger partial charge in [-0.05, 0) is 30.5 Å². The quantitative estimate of drug-likeness (QED) is 0.797. The van der Waals surface area contributed by atoms with Crippen molar-refractivity contribution in [2.75, 3.05) is 0 Å². The Balaban J connectivity index is 1.92. The standard InChI is InChI=1S/C14H13N3OS/c1-10-12(7-8-19-10)14(18)13-9-15-17(16-13)11-5-3-2-4-6-11/h2-9,14,18H,1H3. The highest BCUT2D eigenvalue weighted by atomic mass is 32.1. The van der Waals surface area contributed by atoms with Crippen LogP contribution in [0.5, 0.6) is 0 Å². The van der Waals surface area contributed by atoms with Crippen LogP contribution in [-0.4, -0.2) is 20.1 Å². The number of aliphatic hydroxyl groups excluding tert-OH is 1. The van der Waals surface area contributed by atoms with Gasteiger partial charge in [0.2, 0.25) is 0 Å². The Hall–Kier alpha value is -1.98. The summed E-state index contributed by atoms with van der Waals surface area (Å²) in [5.74, 6) is 0. The number of hydrogen-bond donors (Lipinski definition) is 1. The highest BCUT2D eigenvalue weighted by Crippen LogP contribution is 2.26. The minimum absolute atomic E-state index is 0.561. The molecule has 0 aliphatic rings. The van der Waals surface area contributed by atoms with Crippen molar-refractivity contribution in [1.82, 2.24) is 15.0 Å². The molecule has 4 nitrogen and oxygen atoms in total. The van der Waals surface area contributed by atoms with Crippen LogP contribution < -0.4 is 0 Å². The molecule has 0 aliphatic heterocycles. The smallest absolute Gasteiger partial charge is 0.126 e. The van der Waals surface area contributed by atoms with Gasteiger partial charge >= 0.3 is 0 Å². The van der Waals surface area contributed by atoms with E-state index < -0.39 is 6.10 Å². The number of aromatic nitrogens is 3. The summed E-state index contributed by atoms with van der Waals surface area (Å²) in [5.41, 5.74) is 2.33. The summed E-state index contributed by atoms with van der Waals surface area (Å²) in [7, 11) is 0. The molecule has 1 unspecified atom stereocenters. The predicted octanol–water partition coefficient (Wildman–Crippen LogP) is 2.72. The van der Waals surface area contributed by atoms with Gasteiger partial charge in [0.15, 0.2) is 0 Å². The number of aliphatic hydroxyl groups is 1.